The van der Waals surface area contributed by atoms with E-state index >= 15 is 0 Å². The Balaban J connectivity index is 2.40. The van der Waals surface area contributed by atoms with E-state index in [-0.39, 0.29) is 5.91 Å². The van der Waals surface area contributed by atoms with Crippen LogP contribution in [0.5, 0.6) is 0 Å². The third-order valence-electron chi connectivity index (χ3n) is 2.77. The molecule has 0 spiro atoms. The number of benzene rings is 1. The van der Waals surface area contributed by atoms with Gasteiger partial charge in [0, 0.05) is 32.2 Å². The van der Waals surface area contributed by atoms with E-state index in [1.54, 1.807) is 0 Å². The van der Waals surface area contributed by atoms with Gasteiger partial charge in [-0.15, -0.1) is 0 Å². The average molecular weight is 279 g/mol. The van der Waals surface area contributed by atoms with Crippen molar-refractivity contribution in [2.24, 2.45) is 0 Å². The average Bonchev–Trinajstić information content (AvgIpc) is 2.28. The number of nitrogens with one attached hydrogen (secondary N) is 2. The van der Waals surface area contributed by atoms with Gasteiger partial charge in [-0.05, 0) is 38.7 Å². The van der Waals surface area contributed by atoms with Crippen molar-refractivity contribution in [3.8, 4) is 0 Å². The van der Waals surface area contributed by atoms with Crippen molar-refractivity contribution in [3.63, 3.8) is 0 Å². The van der Waals surface area contributed by atoms with Gasteiger partial charge in [0.25, 0.3) is 0 Å². The molecule has 0 aliphatic heterocycles. The van der Waals surface area contributed by atoms with Crippen molar-refractivity contribution in [2.45, 2.75) is 26.0 Å². The molecule has 20 heavy (non-hydrogen) atoms. The quantitative estimate of drug-likeness (QED) is 0.698. The summed E-state index contributed by atoms with van der Waals surface area (Å²) < 4.78 is 0. The van der Waals surface area contributed by atoms with Crippen molar-refractivity contribution in [3.05, 3.63) is 29.8 Å². The van der Waals surface area contributed by atoms with E-state index in [0.29, 0.717) is 19.6 Å². The summed E-state index contributed by atoms with van der Waals surface area (Å²) in [5.74, 6) is -0.0735. The zero-order valence-corrected chi connectivity index (χ0v) is 12.7. The Labute approximate surface area is 121 Å². The number of aliphatic hydroxyl groups is 1. The van der Waals surface area contributed by atoms with E-state index in [0.717, 1.165) is 11.3 Å². The first-order valence-electron chi connectivity index (χ1n) is 6.73. The first kappa shape index (κ1) is 16.6. The standard InChI is InChI=1S/C15H25N3O2/c1-12(19)17-14-7-5-13(6-8-14)9-16-10-15(2,20)11-18(3)4/h5-8,16,20H,9-11H2,1-4H3,(H,17,19). The first-order valence-corrected chi connectivity index (χ1v) is 6.73. The van der Waals surface area contributed by atoms with Gasteiger partial charge in [0.2, 0.25) is 5.91 Å². The number of anilines is 1. The predicted molar refractivity (Wildman–Crippen MR) is 81.6 cm³/mol. The van der Waals surface area contributed by atoms with Crippen LogP contribution in [0.15, 0.2) is 24.3 Å². The van der Waals surface area contributed by atoms with E-state index < -0.39 is 5.60 Å². The maximum absolute atomic E-state index is 10.9. The second kappa shape index (κ2) is 7.38. The van der Waals surface area contributed by atoms with Crippen LogP contribution in [0.25, 0.3) is 0 Å². The van der Waals surface area contributed by atoms with Crippen LogP contribution in [0.3, 0.4) is 0 Å². The smallest absolute Gasteiger partial charge is 0.221 e. The molecule has 1 aromatic carbocycles. The van der Waals surface area contributed by atoms with Gasteiger partial charge in [0.15, 0.2) is 0 Å². The minimum absolute atomic E-state index is 0.0735. The highest BCUT2D eigenvalue weighted by atomic mass is 16.3. The molecule has 1 atom stereocenters. The molecule has 0 bridgehead atoms. The first-order chi connectivity index (χ1) is 9.28. The Morgan fingerprint density at radius 1 is 1.30 bits per heavy atom. The van der Waals surface area contributed by atoms with Crippen LogP contribution in [0.2, 0.25) is 0 Å². The molecule has 1 unspecified atom stereocenters. The monoisotopic (exact) mass is 279 g/mol. The van der Waals surface area contributed by atoms with Crippen LogP contribution >= 0.6 is 0 Å². The van der Waals surface area contributed by atoms with Gasteiger partial charge in [-0.1, -0.05) is 12.1 Å². The molecule has 0 saturated heterocycles. The van der Waals surface area contributed by atoms with Gasteiger partial charge in [-0.25, -0.2) is 0 Å². The van der Waals surface area contributed by atoms with Crippen molar-refractivity contribution < 1.29 is 9.90 Å². The van der Waals surface area contributed by atoms with Crippen LogP contribution in [0, 0.1) is 0 Å². The summed E-state index contributed by atoms with van der Waals surface area (Å²) in [5.41, 5.74) is 1.15. The van der Waals surface area contributed by atoms with E-state index in [1.807, 2.05) is 50.2 Å². The lowest BCUT2D eigenvalue weighted by atomic mass is 10.1. The number of hydrogen-bond acceptors (Lipinski definition) is 4. The van der Waals surface area contributed by atoms with E-state index in [4.69, 9.17) is 0 Å². The van der Waals surface area contributed by atoms with Crippen LogP contribution in [-0.4, -0.2) is 48.7 Å². The number of likely N-dealkylation sites (N-methyl/N-ethyl adjacent to an activating group) is 1. The second-order valence-corrected chi connectivity index (χ2v) is 5.72. The number of rotatable bonds is 7. The zero-order chi connectivity index (χ0) is 15.2. The molecule has 0 fully saturated rings. The van der Waals surface area contributed by atoms with Crippen LogP contribution in [-0.2, 0) is 11.3 Å². The third-order valence-corrected chi connectivity index (χ3v) is 2.77. The van der Waals surface area contributed by atoms with Crippen LogP contribution in [0.1, 0.15) is 19.4 Å². The number of hydrogen-bond donors (Lipinski definition) is 3. The Morgan fingerprint density at radius 2 is 1.90 bits per heavy atom. The molecule has 112 valence electrons. The molecule has 0 heterocycles. The Hall–Kier alpha value is -1.43. The molecule has 0 aromatic heterocycles. The molecule has 0 saturated carbocycles. The molecule has 1 aromatic rings. The molecule has 0 aliphatic rings. The molecule has 0 aliphatic carbocycles. The summed E-state index contributed by atoms with van der Waals surface area (Å²) in [4.78, 5) is 12.9. The Bertz CT molecular complexity index is 427. The van der Waals surface area contributed by atoms with E-state index in [1.165, 1.54) is 6.92 Å². The topological polar surface area (TPSA) is 64.6 Å². The fourth-order valence-electron chi connectivity index (χ4n) is 2.12. The number of amides is 1. The van der Waals surface area contributed by atoms with Gasteiger partial charge in [-0.2, -0.15) is 0 Å². The maximum atomic E-state index is 10.9. The fourth-order valence-corrected chi connectivity index (χ4v) is 2.12. The molecule has 1 rings (SSSR count). The van der Waals surface area contributed by atoms with Crippen molar-refractivity contribution in [1.29, 1.82) is 0 Å². The molecule has 0 radical (unpaired) electrons. The molecule has 5 nitrogen and oxygen atoms in total. The maximum Gasteiger partial charge on any atom is 0.221 e. The lowest BCUT2D eigenvalue weighted by Crippen LogP contribution is -2.45. The SMILES string of the molecule is CC(=O)Nc1ccc(CNCC(C)(O)CN(C)C)cc1. The summed E-state index contributed by atoms with van der Waals surface area (Å²) in [6.45, 7) is 5.13. The van der Waals surface area contributed by atoms with Crippen molar-refractivity contribution in [2.75, 3.05) is 32.5 Å². The van der Waals surface area contributed by atoms with Gasteiger partial charge in [0.05, 0.1) is 5.60 Å². The Morgan fingerprint density at radius 3 is 2.40 bits per heavy atom. The molecule has 3 N–H and O–H groups in total. The largest absolute Gasteiger partial charge is 0.388 e. The second-order valence-electron chi connectivity index (χ2n) is 5.72. The molecule has 1 amide bonds. The fraction of sp³-hybridized carbons (Fsp3) is 0.533. The van der Waals surface area contributed by atoms with Gasteiger partial charge in [0.1, 0.15) is 0 Å². The van der Waals surface area contributed by atoms with Crippen molar-refractivity contribution in [1.82, 2.24) is 10.2 Å². The Kier molecular flexibility index (Phi) is 6.13. The van der Waals surface area contributed by atoms with Crippen LogP contribution in [0.4, 0.5) is 5.69 Å². The summed E-state index contributed by atoms with van der Waals surface area (Å²) in [6, 6.07) is 7.66. The van der Waals surface area contributed by atoms with Gasteiger partial charge >= 0.3 is 0 Å². The molecular formula is C15H25N3O2. The highest BCUT2D eigenvalue weighted by Gasteiger charge is 2.20. The van der Waals surface area contributed by atoms with E-state index in [2.05, 4.69) is 10.6 Å². The summed E-state index contributed by atoms with van der Waals surface area (Å²) >= 11 is 0. The summed E-state index contributed by atoms with van der Waals surface area (Å²) in [7, 11) is 3.88. The normalized spacial score (nSPS) is 14.1. The summed E-state index contributed by atoms with van der Waals surface area (Å²) in [5, 5.41) is 16.1. The van der Waals surface area contributed by atoms with Gasteiger partial charge < -0.3 is 20.6 Å². The lowest BCUT2D eigenvalue weighted by molar-refractivity contribution is -0.114. The minimum atomic E-state index is -0.750. The zero-order valence-electron chi connectivity index (χ0n) is 12.7. The summed E-state index contributed by atoms with van der Waals surface area (Å²) in [6.07, 6.45) is 0. The predicted octanol–water partition coefficient (Wildman–Crippen LogP) is 1.05. The lowest BCUT2D eigenvalue weighted by Gasteiger charge is -2.27. The number of carbonyl (C=O) groups is 1. The van der Waals surface area contributed by atoms with Crippen molar-refractivity contribution >= 4 is 11.6 Å². The number of nitrogens with zero attached hydrogens (tertiary/aromatic N) is 1. The molecular weight excluding hydrogens is 254 g/mol. The van der Waals surface area contributed by atoms with Crippen LogP contribution < -0.4 is 10.6 Å². The highest BCUT2D eigenvalue weighted by molar-refractivity contribution is 5.88. The number of carbonyl (C=O) groups excluding carboxylic acids is 1. The minimum Gasteiger partial charge on any atom is -0.388 e. The van der Waals surface area contributed by atoms with E-state index in [9.17, 15) is 9.90 Å². The van der Waals surface area contributed by atoms with Gasteiger partial charge in [-0.3, -0.25) is 4.79 Å². The highest BCUT2D eigenvalue weighted by Crippen LogP contribution is 2.10. The third kappa shape index (κ3) is 6.65. The molecule has 5 heteroatoms.